The lowest BCUT2D eigenvalue weighted by Gasteiger charge is -2.24. The number of thioether (sulfide) groups is 1. The second kappa shape index (κ2) is 6.85. The number of benzene rings is 1. The number of aliphatic carboxylic acids is 1. The van der Waals surface area contributed by atoms with Crippen molar-refractivity contribution in [2.75, 3.05) is 18.6 Å². The average Bonchev–Trinajstić information content (AvgIpc) is 2.47. The first-order valence-electron chi connectivity index (χ1n) is 6.52. The van der Waals surface area contributed by atoms with Gasteiger partial charge in [0, 0.05) is 0 Å². The normalized spacial score (nSPS) is 17.5. The third-order valence-electron chi connectivity index (χ3n) is 3.27. The fraction of sp³-hybridized carbons (Fsp3) is 0.500. The van der Waals surface area contributed by atoms with Crippen LogP contribution >= 0.6 is 11.8 Å². The van der Waals surface area contributed by atoms with Crippen LogP contribution in [0.1, 0.15) is 24.4 Å². The molecule has 0 bridgehead atoms. The van der Waals surface area contributed by atoms with Crippen molar-refractivity contribution in [2.24, 2.45) is 5.73 Å². The Hall–Kier alpha value is -1.40. The zero-order valence-corrected chi connectivity index (χ0v) is 12.2. The Labute approximate surface area is 122 Å². The minimum absolute atomic E-state index is 0.154. The summed E-state index contributed by atoms with van der Waals surface area (Å²) in [6.45, 7) is 0. The maximum Gasteiger partial charge on any atom is 0.325 e. The molecule has 1 heterocycles. The van der Waals surface area contributed by atoms with Crippen LogP contribution in [0.2, 0.25) is 0 Å². The predicted molar refractivity (Wildman–Crippen MR) is 78.5 cm³/mol. The van der Waals surface area contributed by atoms with Crippen LogP contribution in [0.25, 0.3) is 0 Å². The number of carboxylic acids is 1. The molecule has 20 heavy (non-hydrogen) atoms. The number of hydrogen-bond donors (Lipinski definition) is 2. The van der Waals surface area contributed by atoms with Crippen molar-refractivity contribution in [3.05, 3.63) is 23.8 Å². The molecule has 0 amide bonds. The van der Waals surface area contributed by atoms with Gasteiger partial charge in [-0.2, -0.15) is 11.8 Å². The summed E-state index contributed by atoms with van der Waals surface area (Å²) in [5, 5.41) is 8.97. The van der Waals surface area contributed by atoms with Crippen molar-refractivity contribution >= 4 is 17.7 Å². The van der Waals surface area contributed by atoms with Crippen molar-refractivity contribution in [3.8, 4) is 11.5 Å². The van der Waals surface area contributed by atoms with E-state index in [2.05, 4.69) is 0 Å². The summed E-state index contributed by atoms with van der Waals surface area (Å²) in [5.74, 6) is 2.28. The third-order valence-corrected chi connectivity index (χ3v) is 4.32. The van der Waals surface area contributed by atoms with Gasteiger partial charge in [-0.25, -0.2) is 0 Å². The van der Waals surface area contributed by atoms with E-state index in [9.17, 15) is 4.79 Å². The van der Waals surface area contributed by atoms with E-state index in [0.29, 0.717) is 17.1 Å². The molecule has 1 atom stereocenters. The summed E-state index contributed by atoms with van der Waals surface area (Å²) in [5.41, 5.74) is 6.14. The lowest BCUT2D eigenvalue weighted by atomic mass is 10.1. The first-order chi connectivity index (χ1) is 9.61. The van der Waals surface area contributed by atoms with Gasteiger partial charge in [-0.05, 0) is 42.0 Å². The number of hydrogen-bond acceptors (Lipinski definition) is 5. The number of carbonyl (C=O) groups is 1. The zero-order chi connectivity index (χ0) is 14.5. The highest BCUT2D eigenvalue weighted by Crippen LogP contribution is 2.32. The number of methoxy groups -OCH3 is 1. The van der Waals surface area contributed by atoms with Crippen LogP contribution in [0.5, 0.6) is 11.5 Å². The lowest BCUT2D eigenvalue weighted by Crippen LogP contribution is -2.23. The molecule has 1 aliphatic heterocycles. The van der Waals surface area contributed by atoms with E-state index in [1.54, 1.807) is 25.3 Å². The molecule has 0 aromatic heterocycles. The fourth-order valence-electron chi connectivity index (χ4n) is 2.09. The molecule has 2 rings (SSSR count). The summed E-state index contributed by atoms with van der Waals surface area (Å²) in [7, 11) is 1.57. The Kier molecular flexibility index (Phi) is 5.14. The Bertz CT molecular complexity index is 474. The Morgan fingerprint density at radius 3 is 2.70 bits per heavy atom. The van der Waals surface area contributed by atoms with Crippen LogP contribution in [0.15, 0.2) is 18.2 Å². The lowest BCUT2D eigenvalue weighted by molar-refractivity contribution is -0.138. The quantitative estimate of drug-likeness (QED) is 0.865. The van der Waals surface area contributed by atoms with Gasteiger partial charge in [0.2, 0.25) is 0 Å². The fourth-order valence-corrected chi connectivity index (χ4v) is 3.16. The second-order valence-corrected chi connectivity index (χ2v) is 5.88. The first kappa shape index (κ1) is 15.0. The van der Waals surface area contributed by atoms with Crippen LogP contribution in [0, 0.1) is 0 Å². The highest BCUT2D eigenvalue weighted by atomic mass is 32.2. The monoisotopic (exact) mass is 297 g/mol. The topological polar surface area (TPSA) is 81.8 Å². The van der Waals surface area contributed by atoms with E-state index in [0.717, 1.165) is 24.3 Å². The molecule has 1 saturated heterocycles. The first-order valence-corrected chi connectivity index (χ1v) is 7.68. The van der Waals surface area contributed by atoms with Gasteiger partial charge in [0.25, 0.3) is 0 Å². The molecule has 3 N–H and O–H groups in total. The third kappa shape index (κ3) is 3.58. The van der Waals surface area contributed by atoms with Crippen molar-refractivity contribution in [2.45, 2.75) is 25.0 Å². The van der Waals surface area contributed by atoms with Crippen LogP contribution in [0.3, 0.4) is 0 Å². The SMILES string of the molecule is COc1ccc(C(N)C(=O)O)cc1OC1CCSCC1. The molecule has 5 nitrogen and oxygen atoms in total. The van der Waals surface area contributed by atoms with Crippen molar-refractivity contribution in [3.63, 3.8) is 0 Å². The summed E-state index contributed by atoms with van der Waals surface area (Å²) in [4.78, 5) is 11.0. The Morgan fingerprint density at radius 2 is 2.10 bits per heavy atom. The van der Waals surface area contributed by atoms with Gasteiger partial charge >= 0.3 is 5.97 Å². The van der Waals surface area contributed by atoms with Gasteiger partial charge in [0.15, 0.2) is 11.5 Å². The van der Waals surface area contributed by atoms with E-state index < -0.39 is 12.0 Å². The maximum absolute atomic E-state index is 11.0. The molecular formula is C14H19NO4S. The number of nitrogens with two attached hydrogens (primary N) is 1. The molecule has 6 heteroatoms. The molecular weight excluding hydrogens is 278 g/mol. The van der Waals surface area contributed by atoms with E-state index in [1.165, 1.54) is 0 Å². The van der Waals surface area contributed by atoms with Gasteiger partial charge in [0.05, 0.1) is 7.11 Å². The predicted octanol–water partition coefficient (Wildman–Crippen LogP) is 2.05. The number of ether oxygens (including phenoxy) is 2. The van der Waals surface area contributed by atoms with Gasteiger partial charge in [-0.1, -0.05) is 6.07 Å². The van der Waals surface area contributed by atoms with E-state index >= 15 is 0 Å². The van der Waals surface area contributed by atoms with Crippen molar-refractivity contribution in [1.29, 1.82) is 0 Å². The standard InChI is InChI=1S/C14H19NO4S/c1-18-11-3-2-9(13(15)14(16)17)8-12(11)19-10-4-6-20-7-5-10/h2-3,8,10,13H,4-7,15H2,1H3,(H,16,17). The molecule has 110 valence electrons. The molecule has 1 aliphatic rings. The number of carboxylic acid groups (broad SMARTS) is 1. The van der Waals surface area contributed by atoms with E-state index in [-0.39, 0.29) is 6.10 Å². The Balaban J connectivity index is 2.19. The number of rotatable bonds is 5. The maximum atomic E-state index is 11.0. The highest BCUT2D eigenvalue weighted by molar-refractivity contribution is 7.99. The van der Waals surface area contributed by atoms with Crippen LogP contribution in [0.4, 0.5) is 0 Å². The minimum atomic E-state index is -1.06. The summed E-state index contributed by atoms with van der Waals surface area (Å²) in [6.07, 6.45) is 2.13. The summed E-state index contributed by atoms with van der Waals surface area (Å²) >= 11 is 1.92. The van der Waals surface area contributed by atoms with Crippen molar-refractivity contribution in [1.82, 2.24) is 0 Å². The molecule has 0 aliphatic carbocycles. The molecule has 0 radical (unpaired) electrons. The summed E-state index contributed by atoms with van der Waals surface area (Å²) in [6, 6.07) is 3.97. The average molecular weight is 297 g/mol. The zero-order valence-electron chi connectivity index (χ0n) is 11.4. The molecule has 1 unspecified atom stereocenters. The molecule has 1 aromatic rings. The van der Waals surface area contributed by atoms with Gasteiger partial charge in [-0.3, -0.25) is 4.79 Å². The molecule has 0 spiro atoms. The van der Waals surface area contributed by atoms with Crippen molar-refractivity contribution < 1.29 is 19.4 Å². The molecule has 1 aromatic carbocycles. The summed E-state index contributed by atoms with van der Waals surface area (Å²) < 4.78 is 11.2. The van der Waals surface area contributed by atoms with Crippen LogP contribution < -0.4 is 15.2 Å². The second-order valence-electron chi connectivity index (χ2n) is 4.66. The van der Waals surface area contributed by atoms with Crippen LogP contribution in [-0.4, -0.2) is 35.8 Å². The van der Waals surface area contributed by atoms with Gasteiger partial charge < -0.3 is 20.3 Å². The largest absolute Gasteiger partial charge is 0.493 e. The van der Waals surface area contributed by atoms with Gasteiger partial charge in [0.1, 0.15) is 12.1 Å². The smallest absolute Gasteiger partial charge is 0.325 e. The van der Waals surface area contributed by atoms with E-state index in [4.69, 9.17) is 20.3 Å². The van der Waals surface area contributed by atoms with Gasteiger partial charge in [-0.15, -0.1) is 0 Å². The highest BCUT2D eigenvalue weighted by Gasteiger charge is 2.20. The van der Waals surface area contributed by atoms with Crippen LogP contribution in [-0.2, 0) is 4.79 Å². The minimum Gasteiger partial charge on any atom is -0.493 e. The molecule has 1 fully saturated rings. The molecule has 0 saturated carbocycles. The Morgan fingerprint density at radius 1 is 1.40 bits per heavy atom. The van der Waals surface area contributed by atoms with E-state index in [1.807, 2.05) is 11.8 Å².